The predicted molar refractivity (Wildman–Crippen MR) is 168 cm³/mol. The molecule has 5 rings (SSSR count). The molecule has 2 aliphatic rings. The molecule has 0 radical (unpaired) electrons. The van der Waals surface area contributed by atoms with Gasteiger partial charge in [0.1, 0.15) is 11.9 Å². The molecule has 1 atom stereocenters. The molecule has 10 nitrogen and oxygen atoms in total. The third kappa shape index (κ3) is 8.05. The molecule has 1 aromatic heterocycles. The van der Waals surface area contributed by atoms with Crippen LogP contribution in [-0.4, -0.2) is 91.0 Å². The molecule has 0 saturated carbocycles. The van der Waals surface area contributed by atoms with Gasteiger partial charge in [-0.15, -0.1) is 0 Å². The van der Waals surface area contributed by atoms with E-state index in [1.165, 1.54) is 6.07 Å². The Morgan fingerprint density at radius 1 is 1.07 bits per heavy atom. The van der Waals surface area contributed by atoms with Gasteiger partial charge in [-0.3, -0.25) is 14.5 Å². The van der Waals surface area contributed by atoms with Crippen LogP contribution in [-0.2, 0) is 9.59 Å². The highest BCUT2D eigenvalue weighted by Gasteiger charge is 2.28. The van der Waals surface area contributed by atoms with E-state index in [9.17, 15) is 9.59 Å². The Kier molecular flexibility index (Phi) is 9.22. The molecule has 2 aliphatic heterocycles. The number of benzene rings is 2. The number of anilines is 4. The Labute approximate surface area is 252 Å². The Morgan fingerprint density at radius 3 is 2.44 bits per heavy atom. The van der Waals surface area contributed by atoms with Gasteiger partial charge in [-0.2, -0.15) is 0 Å². The number of rotatable bonds is 10. The van der Waals surface area contributed by atoms with Gasteiger partial charge in [-0.25, -0.2) is 14.4 Å². The molecular weight excluding hydrogens is 547 g/mol. The molecule has 2 fully saturated rings. The van der Waals surface area contributed by atoms with Crippen LogP contribution >= 0.6 is 0 Å². The van der Waals surface area contributed by atoms with E-state index in [0.29, 0.717) is 41.5 Å². The second kappa shape index (κ2) is 13.0. The Morgan fingerprint density at radius 2 is 1.79 bits per heavy atom. The predicted octanol–water partition coefficient (Wildman–Crippen LogP) is 3.95. The van der Waals surface area contributed by atoms with Gasteiger partial charge in [0.05, 0.1) is 11.4 Å². The number of aromatic nitrogens is 2. The van der Waals surface area contributed by atoms with Gasteiger partial charge in [0.15, 0.2) is 0 Å². The normalized spacial score (nSPS) is 17.7. The van der Waals surface area contributed by atoms with E-state index < -0.39 is 6.04 Å². The number of nitrogens with one attached hydrogen (secondary N) is 3. The number of carbonyl (C=O) groups excluding carboxylic acids is 2. The molecule has 0 aliphatic carbocycles. The lowest BCUT2D eigenvalue weighted by Gasteiger charge is -2.40. The molecule has 3 heterocycles. The van der Waals surface area contributed by atoms with Crippen molar-refractivity contribution in [2.75, 3.05) is 68.9 Å². The summed E-state index contributed by atoms with van der Waals surface area (Å²) in [6.07, 6.45) is 2.51. The van der Waals surface area contributed by atoms with Gasteiger partial charge in [-0.05, 0) is 62.3 Å². The van der Waals surface area contributed by atoms with Crippen molar-refractivity contribution in [3.63, 3.8) is 0 Å². The van der Waals surface area contributed by atoms with Crippen molar-refractivity contribution in [1.29, 1.82) is 0 Å². The number of amides is 2. The van der Waals surface area contributed by atoms with Gasteiger partial charge in [0.25, 0.3) is 0 Å². The van der Waals surface area contributed by atoms with Crippen LogP contribution in [0.25, 0.3) is 11.3 Å². The number of hydrogen-bond acceptors (Lipinski definition) is 8. The summed E-state index contributed by atoms with van der Waals surface area (Å²) in [5.74, 6) is -0.260. The molecule has 0 spiro atoms. The zero-order chi connectivity index (χ0) is 30.6. The van der Waals surface area contributed by atoms with Crippen LogP contribution in [0.5, 0.6) is 0 Å². The van der Waals surface area contributed by atoms with Crippen LogP contribution in [0.15, 0.2) is 54.7 Å². The largest absolute Gasteiger partial charge is 0.367 e. The minimum absolute atomic E-state index is 0.105. The summed E-state index contributed by atoms with van der Waals surface area (Å²) in [5.41, 5.74) is 3.52. The number of hydrogen-bond donors (Lipinski definition) is 3. The zero-order valence-electron chi connectivity index (χ0n) is 25.4. The van der Waals surface area contributed by atoms with Gasteiger partial charge in [0.2, 0.25) is 17.8 Å². The third-order valence-electron chi connectivity index (χ3n) is 7.73. The molecule has 0 unspecified atom stereocenters. The van der Waals surface area contributed by atoms with E-state index >= 15 is 4.39 Å². The smallest absolute Gasteiger partial charge is 0.246 e. The number of piperazine rings is 1. The lowest BCUT2D eigenvalue weighted by Crippen LogP contribution is -2.50. The Bertz CT molecular complexity index is 1440. The van der Waals surface area contributed by atoms with Crippen molar-refractivity contribution >= 4 is 34.8 Å². The maximum absolute atomic E-state index is 15.2. The Balaban J connectivity index is 1.17. The first kappa shape index (κ1) is 30.4. The van der Waals surface area contributed by atoms with Crippen LogP contribution in [0, 0.1) is 11.2 Å². The first-order valence-corrected chi connectivity index (χ1v) is 14.8. The van der Waals surface area contributed by atoms with Crippen LogP contribution in [0.1, 0.15) is 26.7 Å². The Hall–Kier alpha value is -4.09. The monoisotopic (exact) mass is 588 g/mol. The quantitative estimate of drug-likeness (QED) is 0.327. The van der Waals surface area contributed by atoms with E-state index in [1.54, 1.807) is 24.4 Å². The second-order valence-corrected chi connectivity index (χ2v) is 12.4. The van der Waals surface area contributed by atoms with E-state index in [0.717, 1.165) is 44.8 Å². The molecule has 2 saturated heterocycles. The molecule has 228 valence electrons. The average molecular weight is 589 g/mol. The maximum atomic E-state index is 15.2. The van der Waals surface area contributed by atoms with E-state index in [1.807, 2.05) is 24.3 Å². The number of carbonyl (C=O) groups is 2. The van der Waals surface area contributed by atoms with E-state index in [2.05, 4.69) is 68.6 Å². The summed E-state index contributed by atoms with van der Waals surface area (Å²) < 4.78 is 15.2. The van der Waals surface area contributed by atoms with Crippen molar-refractivity contribution in [2.45, 2.75) is 32.7 Å². The lowest BCUT2D eigenvalue weighted by molar-refractivity contribution is -0.122. The molecular formula is C32H41FN8O2. The van der Waals surface area contributed by atoms with Crippen molar-refractivity contribution in [2.24, 2.45) is 5.41 Å². The zero-order valence-corrected chi connectivity index (χ0v) is 25.4. The van der Waals surface area contributed by atoms with Gasteiger partial charge < -0.3 is 25.8 Å². The summed E-state index contributed by atoms with van der Waals surface area (Å²) in [6.45, 7) is 10.0. The SMILES string of the molecule is CN(C)CC(C)(C)CN1CCN(c2ccc(Nc3nccc(-c4ccc(NC(=O)[C@@H]5CCC(=O)N5)cc4)n3)cc2F)CC1. The second-order valence-electron chi connectivity index (χ2n) is 12.4. The number of halogens is 1. The standard InChI is InChI=1S/C32H41FN8O2/c1-32(2,20-39(3)4)21-40-15-17-41(18-16-40)28-11-9-24(19-25(28)33)36-31-34-14-13-26(38-31)22-5-7-23(8-6-22)35-30(43)27-10-12-29(42)37-27/h5-9,11,13-14,19,27H,10,12,15-18,20-21H2,1-4H3,(H,35,43)(H,37,42)(H,34,36,38)/t27-/m0/s1. The van der Waals surface area contributed by atoms with Crippen molar-refractivity contribution in [3.8, 4) is 11.3 Å². The van der Waals surface area contributed by atoms with Crippen LogP contribution in [0.2, 0.25) is 0 Å². The first-order chi connectivity index (χ1) is 20.5. The highest BCUT2D eigenvalue weighted by Crippen LogP contribution is 2.27. The fourth-order valence-corrected chi connectivity index (χ4v) is 5.97. The molecule has 2 amide bonds. The van der Waals surface area contributed by atoms with Crippen LogP contribution in [0.4, 0.5) is 27.4 Å². The maximum Gasteiger partial charge on any atom is 0.246 e. The van der Waals surface area contributed by atoms with Gasteiger partial charge in [0, 0.05) is 68.8 Å². The molecule has 3 N–H and O–H groups in total. The fraction of sp³-hybridized carbons (Fsp3) is 0.438. The van der Waals surface area contributed by atoms with Crippen molar-refractivity contribution in [1.82, 2.24) is 25.1 Å². The molecule has 2 aromatic carbocycles. The highest BCUT2D eigenvalue weighted by atomic mass is 19.1. The van der Waals surface area contributed by atoms with Crippen molar-refractivity contribution < 1.29 is 14.0 Å². The summed E-state index contributed by atoms with van der Waals surface area (Å²) in [5, 5.41) is 8.63. The molecule has 43 heavy (non-hydrogen) atoms. The van der Waals surface area contributed by atoms with E-state index in [4.69, 9.17) is 0 Å². The van der Waals surface area contributed by atoms with Crippen molar-refractivity contribution in [3.05, 3.63) is 60.5 Å². The lowest BCUT2D eigenvalue weighted by atomic mass is 9.92. The summed E-state index contributed by atoms with van der Waals surface area (Å²) in [7, 11) is 4.21. The average Bonchev–Trinajstić information content (AvgIpc) is 3.40. The highest BCUT2D eigenvalue weighted by molar-refractivity contribution is 5.99. The molecule has 11 heteroatoms. The minimum atomic E-state index is -0.498. The molecule has 0 bridgehead atoms. The molecule has 3 aromatic rings. The van der Waals surface area contributed by atoms with Crippen LogP contribution in [0.3, 0.4) is 0 Å². The fourth-order valence-electron chi connectivity index (χ4n) is 5.97. The number of nitrogens with zero attached hydrogens (tertiary/aromatic N) is 5. The van der Waals surface area contributed by atoms with E-state index in [-0.39, 0.29) is 23.0 Å². The first-order valence-electron chi connectivity index (χ1n) is 14.8. The van der Waals surface area contributed by atoms with Gasteiger partial charge in [-0.1, -0.05) is 26.0 Å². The summed E-state index contributed by atoms with van der Waals surface area (Å²) in [4.78, 5) is 39.5. The topological polar surface area (TPSA) is 106 Å². The van der Waals surface area contributed by atoms with Gasteiger partial charge >= 0.3 is 0 Å². The van der Waals surface area contributed by atoms with Crippen LogP contribution < -0.4 is 20.9 Å². The third-order valence-corrected chi connectivity index (χ3v) is 7.73. The minimum Gasteiger partial charge on any atom is -0.367 e. The summed E-state index contributed by atoms with van der Waals surface area (Å²) >= 11 is 0. The summed E-state index contributed by atoms with van der Waals surface area (Å²) in [6, 6.07) is 13.7.